The Morgan fingerprint density at radius 1 is 1.15 bits per heavy atom. The molecule has 0 heterocycles. The maximum absolute atomic E-state index is 12.2. The highest BCUT2D eigenvalue weighted by atomic mass is 32.2. The Kier molecular flexibility index (Phi) is 4.10. The van der Waals surface area contributed by atoms with Crippen LogP contribution < -0.4 is 4.72 Å². The van der Waals surface area contributed by atoms with Gasteiger partial charge in [0.25, 0.3) is 10.0 Å². The molecule has 0 saturated heterocycles. The molecule has 5 heteroatoms. The summed E-state index contributed by atoms with van der Waals surface area (Å²) in [6.45, 7) is 3.64. The largest absolute Gasteiger partial charge is 0.508 e. The third-order valence-corrected chi connectivity index (χ3v) is 4.11. The quantitative estimate of drug-likeness (QED) is 0.832. The fraction of sp³-hybridized carbons (Fsp3) is 0.0667. The minimum Gasteiger partial charge on any atom is -0.508 e. The summed E-state index contributed by atoms with van der Waals surface area (Å²) in [5.41, 5.74) is 1.32. The third-order valence-electron chi connectivity index (χ3n) is 2.71. The molecular weight excluding hydrogens is 274 g/mol. The molecule has 0 fully saturated rings. The molecule has 2 aromatic carbocycles. The molecule has 4 nitrogen and oxygen atoms in total. The minimum absolute atomic E-state index is 0.00605. The molecule has 20 heavy (non-hydrogen) atoms. The van der Waals surface area contributed by atoms with Crippen molar-refractivity contribution in [3.63, 3.8) is 0 Å². The molecule has 0 amide bonds. The van der Waals surface area contributed by atoms with Gasteiger partial charge in [0.15, 0.2) is 0 Å². The van der Waals surface area contributed by atoms with Crippen molar-refractivity contribution in [2.45, 2.75) is 11.3 Å². The first kappa shape index (κ1) is 14.1. The molecule has 0 bridgehead atoms. The van der Waals surface area contributed by atoms with E-state index < -0.39 is 10.0 Å². The fourth-order valence-electron chi connectivity index (χ4n) is 1.75. The molecule has 104 valence electrons. The molecule has 0 atom stereocenters. The van der Waals surface area contributed by atoms with Crippen molar-refractivity contribution in [1.82, 2.24) is 0 Å². The summed E-state index contributed by atoms with van der Waals surface area (Å²) >= 11 is 0. The summed E-state index contributed by atoms with van der Waals surface area (Å²) in [6, 6.07) is 12.6. The van der Waals surface area contributed by atoms with Crippen LogP contribution in [-0.2, 0) is 16.4 Å². The zero-order valence-electron chi connectivity index (χ0n) is 10.8. The van der Waals surface area contributed by atoms with Crippen molar-refractivity contribution in [1.29, 1.82) is 0 Å². The van der Waals surface area contributed by atoms with Crippen LogP contribution in [0.3, 0.4) is 0 Å². The number of sulfonamides is 1. The highest BCUT2D eigenvalue weighted by Gasteiger charge is 2.13. The molecule has 0 aliphatic carbocycles. The highest BCUT2D eigenvalue weighted by molar-refractivity contribution is 7.92. The average molecular weight is 289 g/mol. The van der Waals surface area contributed by atoms with E-state index in [9.17, 15) is 13.5 Å². The lowest BCUT2D eigenvalue weighted by atomic mass is 10.2. The summed E-state index contributed by atoms with van der Waals surface area (Å²) in [7, 11) is -3.65. The van der Waals surface area contributed by atoms with Gasteiger partial charge in [-0.2, -0.15) is 0 Å². The van der Waals surface area contributed by atoms with Crippen LogP contribution in [0.2, 0.25) is 0 Å². The number of aromatic hydroxyl groups is 1. The number of allylic oxidation sites excluding steroid dienone is 1. The van der Waals surface area contributed by atoms with Crippen LogP contribution in [0.15, 0.2) is 66.1 Å². The Morgan fingerprint density at radius 2 is 1.85 bits per heavy atom. The number of hydrogen-bond donors (Lipinski definition) is 2. The van der Waals surface area contributed by atoms with Gasteiger partial charge in [0.05, 0.1) is 10.6 Å². The van der Waals surface area contributed by atoms with Crippen molar-refractivity contribution < 1.29 is 13.5 Å². The summed E-state index contributed by atoms with van der Waals surface area (Å²) in [5.74, 6) is 0.00605. The van der Waals surface area contributed by atoms with Gasteiger partial charge in [-0.3, -0.25) is 4.72 Å². The van der Waals surface area contributed by atoms with Crippen molar-refractivity contribution in [3.8, 4) is 5.75 Å². The van der Waals surface area contributed by atoms with Crippen LogP contribution in [-0.4, -0.2) is 13.5 Å². The second-order valence-corrected chi connectivity index (χ2v) is 5.97. The normalized spacial score (nSPS) is 11.0. The number of rotatable bonds is 5. The van der Waals surface area contributed by atoms with Gasteiger partial charge in [-0.15, -0.1) is 6.58 Å². The van der Waals surface area contributed by atoms with Gasteiger partial charge in [0.2, 0.25) is 0 Å². The molecular formula is C15H15NO3S. The summed E-state index contributed by atoms with van der Waals surface area (Å²) in [5, 5.41) is 9.33. The molecule has 0 unspecified atom stereocenters. The minimum atomic E-state index is -3.65. The maximum atomic E-state index is 12.2. The number of hydrogen-bond acceptors (Lipinski definition) is 3. The number of anilines is 1. The second-order valence-electron chi connectivity index (χ2n) is 4.29. The molecule has 0 spiro atoms. The monoisotopic (exact) mass is 289 g/mol. The Balaban J connectivity index is 2.23. The van der Waals surface area contributed by atoms with Crippen LogP contribution in [0.1, 0.15) is 5.56 Å². The van der Waals surface area contributed by atoms with Crippen LogP contribution in [0.5, 0.6) is 5.75 Å². The molecule has 2 N–H and O–H groups in total. The van der Waals surface area contributed by atoms with E-state index in [2.05, 4.69) is 11.3 Å². The standard InChI is InChI=1S/C15H15NO3S/c1-2-4-12-7-9-15(10-8-12)20(18,19)16-13-5-3-6-14(17)11-13/h2-3,5-11,16-17H,1,4H2. The number of nitrogens with one attached hydrogen (secondary N) is 1. The summed E-state index contributed by atoms with van der Waals surface area (Å²) in [4.78, 5) is 0.175. The number of benzene rings is 2. The van der Waals surface area contributed by atoms with Gasteiger partial charge in [0.1, 0.15) is 5.75 Å². The number of phenolic OH excluding ortho intramolecular Hbond substituents is 1. The van der Waals surface area contributed by atoms with E-state index in [0.717, 1.165) is 5.56 Å². The van der Waals surface area contributed by atoms with Gasteiger partial charge in [0, 0.05) is 6.07 Å². The average Bonchev–Trinajstić information content (AvgIpc) is 2.39. The van der Waals surface area contributed by atoms with E-state index in [4.69, 9.17) is 0 Å². The molecule has 0 saturated carbocycles. The number of phenols is 1. The van der Waals surface area contributed by atoms with Crippen molar-refractivity contribution in [2.75, 3.05) is 4.72 Å². The van der Waals surface area contributed by atoms with E-state index in [1.807, 2.05) is 0 Å². The lowest BCUT2D eigenvalue weighted by Crippen LogP contribution is -2.12. The highest BCUT2D eigenvalue weighted by Crippen LogP contribution is 2.20. The van der Waals surface area contributed by atoms with E-state index in [1.54, 1.807) is 42.5 Å². The Bertz CT molecular complexity index is 706. The second kappa shape index (κ2) is 5.79. The zero-order valence-corrected chi connectivity index (χ0v) is 11.6. The van der Waals surface area contributed by atoms with E-state index >= 15 is 0 Å². The summed E-state index contributed by atoms with van der Waals surface area (Å²) in [6.07, 6.45) is 2.45. The topological polar surface area (TPSA) is 66.4 Å². The van der Waals surface area contributed by atoms with E-state index in [-0.39, 0.29) is 10.6 Å². The molecule has 0 aromatic heterocycles. The van der Waals surface area contributed by atoms with Crippen LogP contribution in [0.4, 0.5) is 5.69 Å². The zero-order chi connectivity index (χ0) is 14.6. The molecule has 2 rings (SSSR count). The first-order valence-electron chi connectivity index (χ1n) is 6.03. The van der Waals surface area contributed by atoms with Crippen molar-refractivity contribution >= 4 is 15.7 Å². The Labute approximate surface area is 118 Å². The van der Waals surface area contributed by atoms with E-state index in [1.165, 1.54) is 12.1 Å². The van der Waals surface area contributed by atoms with Gasteiger partial charge in [-0.25, -0.2) is 8.42 Å². The van der Waals surface area contributed by atoms with Gasteiger partial charge >= 0.3 is 0 Å². The Morgan fingerprint density at radius 3 is 2.45 bits per heavy atom. The predicted octanol–water partition coefficient (Wildman–Crippen LogP) is 2.92. The lowest BCUT2D eigenvalue weighted by molar-refractivity contribution is 0.475. The maximum Gasteiger partial charge on any atom is 0.261 e. The third kappa shape index (κ3) is 3.39. The Hall–Kier alpha value is -2.27. The van der Waals surface area contributed by atoms with Gasteiger partial charge in [-0.1, -0.05) is 24.3 Å². The van der Waals surface area contributed by atoms with Gasteiger partial charge < -0.3 is 5.11 Å². The smallest absolute Gasteiger partial charge is 0.261 e. The molecule has 0 radical (unpaired) electrons. The summed E-state index contributed by atoms with van der Waals surface area (Å²) < 4.78 is 26.8. The molecule has 0 aliphatic rings. The molecule has 2 aromatic rings. The van der Waals surface area contributed by atoms with Gasteiger partial charge in [-0.05, 0) is 36.2 Å². The van der Waals surface area contributed by atoms with Crippen molar-refractivity contribution in [3.05, 3.63) is 66.7 Å². The predicted molar refractivity (Wildman–Crippen MR) is 79.3 cm³/mol. The van der Waals surface area contributed by atoms with Crippen molar-refractivity contribution in [2.24, 2.45) is 0 Å². The van der Waals surface area contributed by atoms with Crippen LogP contribution in [0, 0.1) is 0 Å². The van der Waals surface area contributed by atoms with E-state index in [0.29, 0.717) is 12.1 Å². The fourth-order valence-corrected chi connectivity index (χ4v) is 2.80. The SMILES string of the molecule is C=CCc1ccc(S(=O)(=O)Nc2cccc(O)c2)cc1. The first-order chi connectivity index (χ1) is 9.51. The molecule has 0 aliphatic heterocycles. The van der Waals surface area contributed by atoms with Crippen LogP contribution >= 0.6 is 0 Å². The first-order valence-corrected chi connectivity index (χ1v) is 7.51. The lowest BCUT2D eigenvalue weighted by Gasteiger charge is -2.08. The van der Waals surface area contributed by atoms with Crippen LogP contribution in [0.25, 0.3) is 0 Å².